The molecule has 0 amide bonds. The summed E-state index contributed by atoms with van der Waals surface area (Å²) in [5.41, 5.74) is 2.86. The summed E-state index contributed by atoms with van der Waals surface area (Å²) < 4.78 is 13.3. The molecule has 2 aromatic rings. The van der Waals surface area contributed by atoms with Gasteiger partial charge in [0.2, 0.25) is 0 Å². The predicted octanol–water partition coefficient (Wildman–Crippen LogP) is 2.95. The van der Waals surface area contributed by atoms with E-state index in [4.69, 9.17) is 0 Å². The monoisotopic (exact) mass is 246 g/mol. The summed E-state index contributed by atoms with van der Waals surface area (Å²) in [5.74, 6) is 0.172. The maximum atomic E-state index is 13.3. The Bertz CT molecular complexity index is 562. The van der Waals surface area contributed by atoms with Crippen LogP contribution in [0.4, 0.5) is 4.39 Å². The molecule has 0 bridgehead atoms. The van der Waals surface area contributed by atoms with Gasteiger partial charge < -0.3 is 5.11 Å². The summed E-state index contributed by atoms with van der Waals surface area (Å²) in [6, 6.07) is 4.70. The van der Waals surface area contributed by atoms with E-state index in [1.54, 1.807) is 20.0 Å². The van der Waals surface area contributed by atoms with Gasteiger partial charge in [0.05, 0.1) is 6.10 Å². The second-order valence-electron chi connectivity index (χ2n) is 4.43. The first kappa shape index (κ1) is 12.6. The molecule has 1 aromatic carbocycles. The van der Waals surface area contributed by atoms with Crippen LogP contribution in [0.1, 0.15) is 29.8 Å². The van der Waals surface area contributed by atoms with E-state index in [-0.39, 0.29) is 5.82 Å². The molecule has 2 rings (SSSR count). The highest BCUT2D eigenvalue weighted by molar-refractivity contribution is 5.56. The molecule has 0 spiro atoms. The maximum absolute atomic E-state index is 13.3. The lowest BCUT2D eigenvalue weighted by molar-refractivity contribution is 0.197. The third-order valence-electron chi connectivity index (χ3n) is 2.77. The Morgan fingerprint density at radius 3 is 2.50 bits per heavy atom. The van der Waals surface area contributed by atoms with Crippen LogP contribution >= 0.6 is 0 Å². The van der Waals surface area contributed by atoms with E-state index in [1.807, 2.05) is 13.0 Å². The Balaban J connectivity index is 2.48. The predicted molar refractivity (Wildman–Crippen MR) is 67.5 cm³/mol. The van der Waals surface area contributed by atoms with Gasteiger partial charge in [-0.2, -0.15) is 0 Å². The van der Waals surface area contributed by atoms with Gasteiger partial charge in [-0.3, -0.25) is 0 Å². The lowest BCUT2D eigenvalue weighted by Crippen LogP contribution is -2.01. The highest BCUT2D eigenvalue weighted by atomic mass is 19.1. The molecule has 1 aromatic heterocycles. The molecule has 1 atom stereocenters. The van der Waals surface area contributed by atoms with E-state index >= 15 is 0 Å². The van der Waals surface area contributed by atoms with E-state index in [1.165, 1.54) is 12.1 Å². The molecular formula is C14H15FN2O. The van der Waals surface area contributed by atoms with Crippen LogP contribution in [-0.4, -0.2) is 15.1 Å². The standard InChI is InChI=1S/C14H15FN2O/c1-8-4-11(6-12(15)5-8)14-16-7-13(10(3)18)9(2)17-14/h4-7,10,18H,1-3H3. The number of hydrogen-bond acceptors (Lipinski definition) is 3. The first-order chi connectivity index (χ1) is 8.47. The van der Waals surface area contributed by atoms with Gasteiger partial charge in [0, 0.05) is 23.0 Å². The topological polar surface area (TPSA) is 46.0 Å². The zero-order valence-electron chi connectivity index (χ0n) is 10.6. The number of benzene rings is 1. The van der Waals surface area contributed by atoms with Crippen molar-refractivity contribution in [3.63, 3.8) is 0 Å². The van der Waals surface area contributed by atoms with Gasteiger partial charge in [-0.15, -0.1) is 0 Å². The highest BCUT2D eigenvalue weighted by Gasteiger charge is 2.10. The lowest BCUT2D eigenvalue weighted by atomic mass is 10.1. The van der Waals surface area contributed by atoms with E-state index in [9.17, 15) is 9.50 Å². The molecule has 0 aliphatic carbocycles. The van der Waals surface area contributed by atoms with Crippen molar-refractivity contribution in [1.82, 2.24) is 9.97 Å². The number of aryl methyl sites for hydroxylation is 2. The van der Waals surface area contributed by atoms with Gasteiger partial charge in [0.15, 0.2) is 5.82 Å². The van der Waals surface area contributed by atoms with Crippen molar-refractivity contribution in [3.8, 4) is 11.4 Å². The Labute approximate surface area is 105 Å². The van der Waals surface area contributed by atoms with Crippen molar-refractivity contribution < 1.29 is 9.50 Å². The van der Waals surface area contributed by atoms with E-state index in [0.717, 1.165) is 5.56 Å². The Morgan fingerprint density at radius 1 is 1.22 bits per heavy atom. The van der Waals surface area contributed by atoms with Crippen molar-refractivity contribution in [2.45, 2.75) is 26.9 Å². The average molecular weight is 246 g/mol. The minimum atomic E-state index is -0.603. The molecule has 3 nitrogen and oxygen atoms in total. The summed E-state index contributed by atoms with van der Waals surface area (Å²) in [7, 11) is 0. The fraction of sp³-hybridized carbons (Fsp3) is 0.286. The molecule has 4 heteroatoms. The van der Waals surface area contributed by atoms with Crippen LogP contribution in [0.5, 0.6) is 0 Å². The summed E-state index contributed by atoms with van der Waals surface area (Å²) in [6.07, 6.45) is 0.982. The fourth-order valence-electron chi connectivity index (χ4n) is 1.89. The Kier molecular flexibility index (Phi) is 3.39. The molecule has 0 saturated carbocycles. The quantitative estimate of drug-likeness (QED) is 0.886. The first-order valence-electron chi connectivity index (χ1n) is 5.76. The number of hydrogen-bond donors (Lipinski definition) is 1. The third-order valence-corrected chi connectivity index (χ3v) is 2.77. The molecule has 94 valence electrons. The second-order valence-corrected chi connectivity index (χ2v) is 4.43. The van der Waals surface area contributed by atoms with Crippen LogP contribution in [0.15, 0.2) is 24.4 Å². The van der Waals surface area contributed by atoms with E-state index in [0.29, 0.717) is 22.6 Å². The number of halogens is 1. The van der Waals surface area contributed by atoms with Gasteiger partial charge >= 0.3 is 0 Å². The lowest BCUT2D eigenvalue weighted by Gasteiger charge is -2.09. The number of rotatable bonds is 2. The maximum Gasteiger partial charge on any atom is 0.159 e. The van der Waals surface area contributed by atoms with Gasteiger partial charge in [0.25, 0.3) is 0 Å². The minimum Gasteiger partial charge on any atom is -0.389 e. The molecule has 0 saturated heterocycles. The van der Waals surface area contributed by atoms with Gasteiger partial charge in [0.1, 0.15) is 5.82 Å². The molecule has 0 radical (unpaired) electrons. The van der Waals surface area contributed by atoms with Crippen molar-refractivity contribution in [2.75, 3.05) is 0 Å². The first-order valence-corrected chi connectivity index (χ1v) is 5.76. The second kappa shape index (κ2) is 4.82. The van der Waals surface area contributed by atoms with Crippen LogP contribution < -0.4 is 0 Å². The van der Waals surface area contributed by atoms with Crippen molar-refractivity contribution >= 4 is 0 Å². The van der Waals surface area contributed by atoms with Crippen LogP contribution in [-0.2, 0) is 0 Å². The third kappa shape index (κ3) is 2.54. The fourth-order valence-corrected chi connectivity index (χ4v) is 1.89. The minimum absolute atomic E-state index is 0.300. The smallest absolute Gasteiger partial charge is 0.159 e. The summed E-state index contributed by atoms with van der Waals surface area (Å²) in [6.45, 7) is 5.29. The van der Waals surface area contributed by atoms with E-state index < -0.39 is 6.10 Å². The molecule has 1 unspecified atom stereocenters. The molecule has 18 heavy (non-hydrogen) atoms. The Morgan fingerprint density at radius 2 is 1.94 bits per heavy atom. The van der Waals surface area contributed by atoms with Gasteiger partial charge in [-0.05, 0) is 44.5 Å². The number of nitrogens with zero attached hydrogens (tertiary/aromatic N) is 2. The van der Waals surface area contributed by atoms with Crippen LogP contribution in [0.2, 0.25) is 0 Å². The van der Waals surface area contributed by atoms with E-state index in [2.05, 4.69) is 9.97 Å². The molecule has 0 aliphatic heterocycles. The summed E-state index contributed by atoms with van der Waals surface area (Å²) >= 11 is 0. The van der Waals surface area contributed by atoms with Crippen LogP contribution in [0, 0.1) is 19.7 Å². The van der Waals surface area contributed by atoms with Crippen molar-refractivity contribution in [1.29, 1.82) is 0 Å². The number of aliphatic hydroxyl groups is 1. The van der Waals surface area contributed by atoms with Gasteiger partial charge in [-0.1, -0.05) is 0 Å². The van der Waals surface area contributed by atoms with Gasteiger partial charge in [-0.25, -0.2) is 14.4 Å². The summed E-state index contributed by atoms with van der Waals surface area (Å²) in [4.78, 5) is 8.48. The summed E-state index contributed by atoms with van der Waals surface area (Å²) in [5, 5.41) is 9.51. The van der Waals surface area contributed by atoms with Crippen molar-refractivity contribution in [2.24, 2.45) is 0 Å². The number of aliphatic hydroxyl groups excluding tert-OH is 1. The van der Waals surface area contributed by atoms with Crippen LogP contribution in [0.25, 0.3) is 11.4 Å². The highest BCUT2D eigenvalue weighted by Crippen LogP contribution is 2.21. The zero-order valence-corrected chi connectivity index (χ0v) is 10.6. The normalized spacial score (nSPS) is 12.5. The molecule has 0 aliphatic rings. The number of aromatic nitrogens is 2. The average Bonchev–Trinajstić information content (AvgIpc) is 2.26. The Hall–Kier alpha value is -1.81. The van der Waals surface area contributed by atoms with Crippen LogP contribution in [0.3, 0.4) is 0 Å². The molecule has 0 fully saturated rings. The van der Waals surface area contributed by atoms with Crippen molar-refractivity contribution in [3.05, 3.63) is 47.0 Å². The largest absolute Gasteiger partial charge is 0.389 e. The molecule has 1 heterocycles. The molecule has 1 N–H and O–H groups in total. The zero-order chi connectivity index (χ0) is 13.3. The molecular weight excluding hydrogens is 231 g/mol. The SMILES string of the molecule is Cc1cc(F)cc(-c2ncc(C(C)O)c(C)n2)c1.